The van der Waals surface area contributed by atoms with E-state index in [4.69, 9.17) is 4.42 Å². The molecule has 1 heterocycles. The average Bonchev–Trinajstić information content (AvgIpc) is 3.25. The highest BCUT2D eigenvalue weighted by Crippen LogP contribution is 2.44. The molecule has 0 radical (unpaired) electrons. The van der Waals surface area contributed by atoms with Crippen LogP contribution in [0.25, 0.3) is 22.5 Å². The summed E-state index contributed by atoms with van der Waals surface area (Å²) in [5.41, 5.74) is 6.70. The van der Waals surface area contributed by atoms with Crippen LogP contribution in [0.2, 0.25) is 0 Å². The van der Waals surface area contributed by atoms with Gasteiger partial charge in [0.25, 0.3) is 0 Å². The number of nitrogens with one attached hydrogen (secondary N) is 1. The van der Waals surface area contributed by atoms with Gasteiger partial charge >= 0.3 is 5.69 Å². The Labute approximate surface area is 220 Å². The maximum absolute atomic E-state index is 12.4. The summed E-state index contributed by atoms with van der Waals surface area (Å²) in [5.74, 6) is 0.554. The number of hydrogen-bond acceptors (Lipinski definition) is 7. The molecule has 0 spiro atoms. The molecule has 0 saturated heterocycles. The van der Waals surface area contributed by atoms with Gasteiger partial charge in [-0.3, -0.25) is 10.1 Å². The van der Waals surface area contributed by atoms with Crippen molar-refractivity contribution in [2.45, 2.75) is 54.0 Å². The molecule has 0 fully saturated rings. The van der Waals surface area contributed by atoms with Crippen molar-refractivity contribution in [1.29, 1.82) is 0 Å². The standard InChI is InChI=1S/C29H39N5O3/c1-8-32(9-2)23-16-12-21(13-17-23)26-27(34(35)36)25(20-30-31-29(5,6)7)37-28(26)22-14-18-24(19-15-22)33(10-3)11-4/h12-20,31H,8-11H2,1-7H3/b30-20-. The lowest BCUT2D eigenvalue weighted by molar-refractivity contribution is -0.384. The minimum atomic E-state index is -0.386. The molecule has 2 aromatic carbocycles. The highest BCUT2D eigenvalue weighted by atomic mass is 16.6. The topological polar surface area (TPSA) is 87.1 Å². The van der Waals surface area contributed by atoms with Gasteiger partial charge in [0.05, 0.1) is 11.1 Å². The molecule has 37 heavy (non-hydrogen) atoms. The molecule has 0 saturated carbocycles. The lowest BCUT2D eigenvalue weighted by Gasteiger charge is -2.21. The predicted octanol–water partition coefficient (Wildman–Crippen LogP) is 6.94. The first kappa shape index (κ1) is 27.8. The third-order valence-electron chi connectivity index (χ3n) is 6.22. The fourth-order valence-electron chi connectivity index (χ4n) is 4.30. The van der Waals surface area contributed by atoms with Gasteiger partial charge in [-0.05, 0) is 90.4 Å². The van der Waals surface area contributed by atoms with Gasteiger partial charge in [-0.15, -0.1) is 0 Å². The van der Waals surface area contributed by atoms with Gasteiger partial charge in [-0.25, -0.2) is 0 Å². The second-order valence-electron chi connectivity index (χ2n) is 9.83. The number of nitro groups is 1. The molecular formula is C29H39N5O3. The van der Waals surface area contributed by atoms with E-state index >= 15 is 0 Å². The summed E-state index contributed by atoms with van der Waals surface area (Å²) >= 11 is 0. The van der Waals surface area contributed by atoms with Crippen molar-refractivity contribution in [3.8, 4) is 22.5 Å². The van der Waals surface area contributed by atoms with E-state index in [9.17, 15) is 10.1 Å². The fraction of sp³-hybridized carbons (Fsp3) is 0.414. The second-order valence-corrected chi connectivity index (χ2v) is 9.83. The number of hydrazone groups is 1. The van der Waals surface area contributed by atoms with Gasteiger partial charge in [0, 0.05) is 48.7 Å². The Morgan fingerprint density at radius 1 is 0.865 bits per heavy atom. The Morgan fingerprint density at radius 2 is 1.32 bits per heavy atom. The molecule has 0 aliphatic rings. The van der Waals surface area contributed by atoms with Crippen LogP contribution >= 0.6 is 0 Å². The van der Waals surface area contributed by atoms with E-state index in [0.29, 0.717) is 11.3 Å². The van der Waals surface area contributed by atoms with E-state index in [2.05, 4.69) is 48.0 Å². The van der Waals surface area contributed by atoms with Crippen LogP contribution < -0.4 is 15.2 Å². The van der Waals surface area contributed by atoms with Crippen molar-refractivity contribution in [3.05, 3.63) is 64.4 Å². The second kappa shape index (κ2) is 12.0. The summed E-state index contributed by atoms with van der Waals surface area (Å²) in [6, 6.07) is 15.8. The Hall–Kier alpha value is -3.81. The number of hydrogen-bond donors (Lipinski definition) is 1. The van der Waals surface area contributed by atoms with Crippen molar-refractivity contribution >= 4 is 23.3 Å². The van der Waals surface area contributed by atoms with Gasteiger partial charge < -0.3 is 19.6 Å². The minimum Gasteiger partial charge on any atom is -0.447 e. The SMILES string of the molecule is CCN(CC)c1ccc(-c2oc(/C=N\NC(C)(C)C)c([N+](=O)[O-])c2-c2ccc(N(CC)CC)cc2)cc1. The van der Waals surface area contributed by atoms with Crippen LogP contribution in [-0.2, 0) is 0 Å². The van der Waals surface area contributed by atoms with Crippen molar-refractivity contribution in [3.63, 3.8) is 0 Å². The number of rotatable bonds is 11. The van der Waals surface area contributed by atoms with E-state index in [1.165, 1.54) is 6.21 Å². The van der Waals surface area contributed by atoms with Crippen LogP contribution in [0.1, 0.15) is 54.2 Å². The van der Waals surface area contributed by atoms with Crippen molar-refractivity contribution in [2.75, 3.05) is 36.0 Å². The van der Waals surface area contributed by atoms with E-state index in [1.54, 1.807) is 0 Å². The predicted molar refractivity (Wildman–Crippen MR) is 154 cm³/mol. The van der Waals surface area contributed by atoms with E-state index in [1.807, 2.05) is 69.3 Å². The Morgan fingerprint density at radius 3 is 1.73 bits per heavy atom. The molecule has 3 aromatic rings. The van der Waals surface area contributed by atoms with Crippen LogP contribution in [0, 0.1) is 10.1 Å². The lowest BCUT2D eigenvalue weighted by atomic mass is 9.99. The number of benzene rings is 2. The molecule has 0 amide bonds. The molecule has 198 valence electrons. The summed E-state index contributed by atoms with van der Waals surface area (Å²) in [7, 11) is 0. The molecule has 3 rings (SSSR count). The zero-order chi connectivity index (χ0) is 27.2. The zero-order valence-corrected chi connectivity index (χ0v) is 23.0. The summed E-state index contributed by atoms with van der Waals surface area (Å²) in [6.45, 7) is 17.9. The van der Waals surface area contributed by atoms with Crippen LogP contribution in [0.4, 0.5) is 17.1 Å². The molecule has 0 unspecified atom stereocenters. The van der Waals surface area contributed by atoms with Crippen molar-refractivity contribution in [1.82, 2.24) is 5.43 Å². The van der Waals surface area contributed by atoms with E-state index in [0.717, 1.165) is 48.7 Å². The van der Waals surface area contributed by atoms with Crippen LogP contribution in [0.15, 0.2) is 58.0 Å². The zero-order valence-electron chi connectivity index (χ0n) is 23.0. The first-order chi connectivity index (χ1) is 17.6. The third kappa shape index (κ3) is 6.50. The Balaban J connectivity index is 2.18. The molecule has 0 aliphatic heterocycles. The highest BCUT2D eigenvalue weighted by Gasteiger charge is 2.31. The fourth-order valence-corrected chi connectivity index (χ4v) is 4.30. The third-order valence-corrected chi connectivity index (χ3v) is 6.22. The highest BCUT2D eigenvalue weighted by molar-refractivity contribution is 5.95. The van der Waals surface area contributed by atoms with Crippen LogP contribution in [-0.4, -0.2) is 42.9 Å². The smallest absolute Gasteiger partial charge is 0.324 e. The van der Waals surface area contributed by atoms with Crippen molar-refractivity contribution < 1.29 is 9.34 Å². The summed E-state index contributed by atoms with van der Waals surface area (Å²) in [4.78, 5) is 16.5. The van der Waals surface area contributed by atoms with Crippen LogP contribution in [0.3, 0.4) is 0 Å². The number of anilines is 2. The van der Waals surface area contributed by atoms with Crippen molar-refractivity contribution in [2.24, 2.45) is 5.10 Å². The van der Waals surface area contributed by atoms with Crippen LogP contribution in [0.5, 0.6) is 0 Å². The van der Waals surface area contributed by atoms with E-state index in [-0.39, 0.29) is 21.9 Å². The van der Waals surface area contributed by atoms with Gasteiger partial charge in [-0.2, -0.15) is 5.10 Å². The molecule has 0 atom stereocenters. The first-order valence-corrected chi connectivity index (χ1v) is 13.0. The van der Waals surface area contributed by atoms with E-state index < -0.39 is 0 Å². The normalized spacial score (nSPS) is 11.6. The van der Waals surface area contributed by atoms with Gasteiger partial charge in [0.15, 0.2) is 0 Å². The maximum atomic E-state index is 12.4. The minimum absolute atomic E-state index is 0.0992. The Bertz CT molecular complexity index is 1200. The number of nitrogens with zero attached hydrogens (tertiary/aromatic N) is 4. The largest absolute Gasteiger partial charge is 0.447 e. The van der Waals surface area contributed by atoms with Gasteiger partial charge in [-0.1, -0.05) is 12.1 Å². The molecular weight excluding hydrogens is 466 g/mol. The van der Waals surface area contributed by atoms with Gasteiger partial charge in [0.1, 0.15) is 11.3 Å². The lowest BCUT2D eigenvalue weighted by Crippen LogP contribution is -2.31. The Kier molecular flexibility index (Phi) is 8.97. The van der Waals surface area contributed by atoms with Gasteiger partial charge in [0.2, 0.25) is 5.76 Å². The summed E-state index contributed by atoms with van der Waals surface area (Å²) in [5, 5.41) is 16.6. The molecule has 1 aromatic heterocycles. The quantitative estimate of drug-likeness (QED) is 0.173. The monoisotopic (exact) mass is 505 g/mol. The first-order valence-electron chi connectivity index (χ1n) is 13.0. The molecule has 1 N–H and O–H groups in total. The molecule has 8 heteroatoms. The average molecular weight is 506 g/mol. The summed E-state index contributed by atoms with van der Waals surface area (Å²) in [6.07, 6.45) is 1.39. The molecule has 0 bridgehead atoms. The maximum Gasteiger partial charge on any atom is 0.324 e. The number of furan rings is 1. The molecule has 0 aliphatic carbocycles. The molecule has 8 nitrogen and oxygen atoms in total. The summed E-state index contributed by atoms with van der Waals surface area (Å²) < 4.78 is 6.18.